The van der Waals surface area contributed by atoms with Crippen LogP contribution in [0.15, 0.2) is 42.5 Å². The van der Waals surface area contributed by atoms with Crippen molar-refractivity contribution in [2.75, 3.05) is 29.9 Å². The highest BCUT2D eigenvalue weighted by Gasteiger charge is 2.30. The first-order valence-corrected chi connectivity index (χ1v) is 9.00. The summed E-state index contributed by atoms with van der Waals surface area (Å²) in [6.45, 7) is -2.52. The lowest BCUT2D eigenvalue weighted by molar-refractivity contribution is -0.384. The Morgan fingerprint density at radius 1 is 1.19 bits per heavy atom. The summed E-state index contributed by atoms with van der Waals surface area (Å²) in [7, 11) is 0. The molecule has 0 saturated carbocycles. The predicted molar refractivity (Wildman–Crippen MR) is 104 cm³/mol. The van der Waals surface area contributed by atoms with Crippen LogP contribution < -0.4 is 20.3 Å². The van der Waals surface area contributed by atoms with E-state index >= 15 is 0 Å². The summed E-state index contributed by atoms with van der Waals surface area (Å²) in [6, 6.07) is 8.94. The van der Waals surface area contributed by atoms with Gasteiger partial charge in [0, 0.05) is 12.1 Å². The molecule has 1 heterocycles. The molecular formula is C19H15F3N4O6. The van der Waals surface area contributed by atoms with Crippen molar-refractivity contribution in [3.63, 3.8) is 0 Å². The van der Waals surface area contributed by atoms with Crippen LogP contribution in [0.3, 0.4) is 0 Å². The van der Waals surface area contributed by atoms with Crippen molar-refractivity contribution in [1.82, 2.24) is 5.32 Å². The number of hydrogen-bond acceptors (Lipinski definition) is 6. The molecule has 0 bridgehead atoms. The molecule has 168 valence electrons. The van der Waals surface area contributed by atoms with E-state index in [9.17, 15) is 37.7 Å². The number of carbonyl (C=O) groups is 3. The van der Waals surface area contributed by atoms with Crippen molar-refractivity contribution < 1.29 is 37.2 Å². The van der Waals surface area contributed by atoms with Gasteiger partial charge in [-0.25, -0.2) is 0 Å². The third-order valence-electron chi connectivity index (χ3n) is 4.29. The topological polar surface area (TPSA) is 131 Å². The van der Waals surface area contributed by atoms with Gasteiger partial charge in [-0.2, -0.15) is 13.2 Å². The standard InChI is InChI=1S/C19H15F3N4O6/c20-19(21,22)10-23-18(29)12-3-1-2-4-13(12)24-16(27)8-25-14-7-11(26(30)31)5-6-15(14)32-9-17(25)28/h1-7H,8-10H2,(H,23,29)(H,24,27). The summed E-state index contributed by atoms with van der Waals surface area (Å²) in [4.78, 5) is 48.2. The number of nitro benzene ring substituents is 1. The van der Waals surface area contributed by atoms with E-state index in [2.05, 4.69) is 5.32 Å². The lowest BCUT2D eigenvalue weighted by Gasteiger charge is -2.28. The number of rotatable bonds is 6. The monoisotopic (exact) mass is 452 g/mol. The molecule has 0 unspecified atom stereocenters. The van der Waals surface area contributed by atoms with Crippen molar-refractivity contribution in [3.8, 4) is 5.75 Å². The second kappa shape index (κ2) is 8.91. The van der Waals surface area contributed by atoms with Crippen LogP contribution in [0.25, 0.3) is 0 Å². The second-order valence-electron chi connectivity index (χ2n) is 6.57. The molecular weight excluding hydrogens is 437 g/mol. The minimum atomic E-state index is -4.61. The molecule has 0 fully saturated rings. The molecule has 3 amide bonds. The fraction of sp³-hybridized carbons (Fsp3) is 0.211. The molecule has 2 N–H and O–H groups in total. The Balaban J connectivity index is 1.77. The quantitative estimate of drug-likeness (QED) is 0.511. The van der Waals surface area contributed by atoms with Crippen LogP contribution in [0.2, 0.25) is 0 Å². The normalized spacial score (nSPS) is 13.1. The van der Waals surface area contributed by atoms with Crippen molar-refractivity contribution in [2.24, 2.45) is 0 Å². The number of halogens is 3. The fourth-order valence-corrected chi connectivity index (χ4v) is 2.88. The van der Waals surface area contributed by atoms with Gasteiger partial charge in [0.15, 0.2) is 6.61 Å². The van der Waals surface area contributed by atoms with Crippen LogP contribution in [0, 0.1) is 10.1 Å². The van der Waals surface area contributed by atoms with Crippen LogP contribution in [-0.2, 0) is 9.59 Å². The molecule has 0 saturated heterocycles. The summed E-state index contributed by atoms with van der Waals surface area (Å²) < 4.78 is 42.3. The average molecular weight is 452 g/mol. The maximum Gasteiger partial charge on any atom is 0.405 e. The van der Waals surface area contributed by atoms with Crippen LogP contribution in [-0.4, -0.2) is 48.5 Å². The summed E-state index contributed by atoms with van der Waals surface area (Å²) in [5.41, 5.74) is -0.590. The molecule has 0 atom stereocenters. The van der Waals surface area contributed by atoms with Crippen LogP contribution in [0.1, 0.15) is 10.4 Å². The molecule has 0 radical (unpaired) electrons. The second-order valence-corrected chi connectivity index (χ2v) is 6.57. The average Bonchev–Trinajstić information content (AvgIpc) is 2.73. The van der Waals surface area contributed by atoms with Crippen molar-refractivity contribution in [3.05, 3.63) is 58.1 Å². The molecule has 0 aromatic heterocycles. The van der Waals surface area contributed by atoms with Crippen molar-refractivity contribution in [2.45, 2.75) is 6.18 Å². The lowest BCUT2D eigenvalue weighted by Crippen LogP contribution is -2.43. The zero-order valence-corrected chi connectivity index (χ0v) is 16.1. The van der Waals surface area contributed by atoms with Gasteiger partial charge in [0.1, 0.15) is 18.8 Å². The predicted octanol–water partition coefficient (Wildman–Crippen LogP) is 2.25. The van der Waals surface area contributed by atoms with Gasteiger partial charge < -0.3 is 15.4 Å². The summed E-state index contributed by atoms with van der Waals surface area (Å²) in [5.74, 6) is -2.31. The number of hydrogen-bond donors (Lipinski definition) is 2. The van der Waals surface area contributed by atoms with Crippen molar-refractivity contribution >= 4 is 34.8 Å². The summed E-state index contributed by atoms with van der Waals surface area (Å²) in [5, 5.41) is 15.1. The zero-order valence-electron chi connectivity index (χ0n) is 16.1. The third kappa shape index (κ3) is 5.30. The number of anilines is 2. The number of amides is 3. The zero-order chi connectivity index (χ0) is 23.5. The minimum Gasteiger partial charge on any atom is -0.482 e. The van der Waals surface area contributed by atoms with Gasteiger partial charge in [-0.3, -0.25) is 29.4 Å². The van der Waals surface area contributed by atoms with Crippen LogP contribution in [0.5, 0.6) is 5.75 Å². The van der Waals surface area contributed by atoms with Gasteiger partial charge in [-0.15, -0.1) is 0 Å². The number of nitro groups is 1. The van der Waals surface area contributed by atoms with E-state index in [1.54, 1.807) is 5.32 Å². The molecule has 0 spiro atoms. The number of ether oxygens (including phenoxy) is 1. The van der Waals surface area contributed by atoms with Gasteiger partial charge >= 0.3 is 6.18 Å². The number of benzene rings is 2. The Morgan fingerprint density at radius 3 is 2.59 bits per heavy atom. The third-order valence-corrected chi connectivity index (χ3v) is 4.29. The molecule has 10 nitrogen and oxygen atoms in total. The maximum atomic E-state index is 12.6. The smallest absolute Gasteiger partial charge is 0.405 e. The molecule has 1 aliphatic heterocycles. The first kappa shape index (κ1) is 22.5. The van der Waals surface area contributed by atoms with E-state index in [0.717, 1.165) is 11.0 Å². The molecule has 32 heavy (non-hydrogen) atoms. The number of alkyl halides is 3. The highest BCUT2D eigenvalue weighted by molar-refractivity contribution is 6.08. The van der Waals surface area contributed by atoms with Gasteiger partial charge in [0.05, 0.1) is 21.9 Å². The van der Waals surface area contributed by atoms with E-state index in [-0.39, 0.29) is 28.4 Å². The van der Waals surface area contributed by atoms with Gasteiger partial charge in [-0.05, 0) is 18.2 Å². The van der Waals surface area contributed by atoms with Crippen LogP contribution >= 0.6 is 0 Å². The number of fused-ring (bicyclic) bond motifs is 1. The van der Waals surface area contributed by atoms with Crippen LogP contribution in [0.4, 0.5) is 30.2 Å². The Bertz CT molecular complexity index is 1090. The first-order chi connectivity index (χ1) is 15.0. The fourth-order valence-electron chi connectivity index (χ4n) is 2.88. The maximum absolute atomic E-state index is 12.6. The van der Waals surface area contributed by atoms with Gasteiger partial charge in [0.25, 0.3) is 17.5 Å². The Hall–Kier alpha value is -4.16. The van der Waals surface area contributed by atoms with Gasteiger partial charge in [-0.1, -0.05) is 12.1 Å². The van der Waals surface area contributed by atoms with E-state index in [4.69, 9.17) is 4.74 Å². The largest absolute Gasteiger partial charge is 0.482 e. The first-order valence-electron chi connectivity index (χ1n) is 9.00. The lowest BCUT2D eigenvalue weighted by atomic mass is 10.1. The molecule has 0 aliphatic carbocycles. The number of nitrogens with one attached hydrogen (secondary N) is 2. The highest BCUT2D eigenvalue weighted by Crippen LogP contribution is 2.35. The summed E-state index contributed by atoms with van der Waals surface area (Å²) in [6.07, 6.45) is -4.61. The number of non-ortho nitro benzene ring substituents is 1. The molecule has 2 aromatic carbocycles. The van der Waals surface area contributed by atoms with E-state index < -0.39 is 48.5 Å². The van der Waals surface area contributed by atoms with Crippen molar-refractivity contribution in [1.29, 1.82) is 0 Å². The number of carbonyl (C=O) groups excluding carboxylic acids is 3. The Morgan fingerprint density at radius 2 is 1.91 bits per heavy atom. The SMILES string of the molecule is O=C(CN1C(=O)COc2ccc([N+](=O)[O-])cc21)Nc1ccccc1C(=O)NCC(F)(F)F. The highest BCUT2D eigenvalue weighted by atomic mass is 19.4. The molecule has 1 aliphatic rings. The van der Waals surface area contributed by atoms with E-state index in [1.807, 2.05) is 0 Å². The van der Waals surface area contributed by atoms with Gasteiger partial charge in [0.2, 0.25) is 5.91 Å². The Labute approximate surface area is 178 Å². The molecule has 13 heteroatoms. The van der Waals surface area contributed by atoms with E-state index in [0.29, 0.717) is 0 Å². The number of nitrogens with zero attached hydrogens (tertiary/aromatic N) is 2. The van der Waals surface area contributed by atoms with E-state index in [1.165, 1.54) is 36.4 Å². The molecule has 3 rings (SSSR count). The summed E-state index contributed by atoms with van der Waals surface area (Å²) >= 11 is 0. The molecule has 2 aromatic rings. The number of para-hydroxylation sites is 1. The minimum absolute atomic E-state index is 0.0156. The Kier molecular flexibility index (Phi) is 6.27.